The summed E-state index contributed by atoms with van der Waals surface area (Å²) in [7, 11) is 0. The lowest BCUT2D eigenvalue weighted by atomic mass is 9.92. The standard InChI is InChI=1S/C25H26N6O.2C2HF3O2/c1-17(2)31-16-28-24-22(31)14-21(29-23(24)19-6-5-10-26-15-19)18-8-12-30(13-9-18)25(32)20-7-3-4-11-27-20;2*3-2(4,5)1(6)7/h3-7,10-11,14-18H,8-9,12-13H2,1-2H3;2*(H,6,7). The lowest BCUT2D eigenvalue weighted by Crippen LogP contribution is -2.38. The Morgan fingerprint density at radius 1 is 0.891 bits per heavy atom. The molecule has 1 aliphatic heterocycles. The molecule has 17 heteroatoms. The van der Waals surface area contributed by atoms with Gasteiger partial charge in [-0.25, -0.2) is 14.6 Å². The highest BCUT2D eigenvalue weighted by Gasteiger charge is 2.39. The van der Waals surface area contributed by atoms with E-state index < -0.39 is 24.3 Å². The number of nitrogens with zero attached hydrogens (tertiary/aromatic N) is 6. The lowest BCUT2D eigenvalue weighted by Gasteiger charge is -2.31. The Balaban J connectivity index is 0.000000345. The topological polar surface area (TPSA) is 151 Å². The van der Waals surface area contributed by atoms with Crippen molar-refractivity contribution in [2.75, 3.05) is 13.1 Å². The Labute approximate surface area is 257 Å². The maximum absolute atomic E-state index is 12.8. The highest BCUT2D eigenvalue weighted by atomic mass is 19.4. The maximum atomic E-state index is 12.8. The van der Waals surface area contributed by atoms with Crippen molar-refractivity contribution in [2.45, 2.75) is 51.0 Å². The average molecular weight is 655 g/mol. The van der Waals surface area contributed by atoms with Crippen LogP contribution in [0.25, 0.3) is 22.3 Å². The summed E-state index contributed by atoms with van der Waals surface area (Å²) in [5.74, 6) is -5.22. The van der Waals surface area contributed by atoms with Gasteiger partial charge in [-0.15, -0.1) is 0 Å². The molecule has 0 saturated carbocycles. The summed E-state index contributed by atoms with van der Waals surface area (Å²) in [6.07, 6.45) is -1.25. The first kappa shape index (κ1) is 35.4. The normalized spacial score (nSPS) is 13.8. The largest absolute Gasteiger partial charge is 0.490 e. The van der Waals surface area contributed by atoms with Gasteiger partial charge in [-0.05, 0) is 57.0 Å². The molecule has 0 radical (unpaired) electrons. The van der Waals surface area contributed by atoms with E-state index >= 15 is 0 Å². The van der Waals surface area contributed by atoms with Gasteiger partial charge in [-0.1, -0.05) is 6.07 Å². The Morgan fingerprint density at radius 2 is 1.50 bits per heavy atom. The molecule has 246 valence electrons. The van der Waals surface area contributed by atoms with Gasteiger partial charge >= 0.3 is 24.3 Å². The van der Waals surface area contributed by atoms with Crippen molar-refractivity contribution < 1.29 is 50.9 Å². The molecule has 1 fully saturated rings. The minimum absolute atomic E-state index is 0.00129. The van der Waals surface area contributed by atoms with Crippen LogP contribution in [-0.2, 0) is 9.59 Å². The number of pyridine rings is 3. The fourth-order valence-corrected chi connectivity index (χ4v) is 4.40. The molecule has 0 bridgehead atoms. The van der Waals surface area contributed by atoms with Crippen LogP contribution in [-0.4, -0.2) is 82.9 Å². The number of rotatable bonds is 4. The van der Waals surface area contributed by atoms with Gasteiger partial charge in [-0.3, -0.25) is 19.7 Å². The van der Waals surface area contributed by atoms with Gasteiger partial charge in [0.25, 0.3) is 5.91 Å². The van der Waals surface area contributed by atoms with Crippen molar-refractivity contribution in [2.24, 2.45) is 0 Å². The van der Waals surface area contributed by atoms with E-state index in [-0.39, 0.29) is 11.8 Å². The number of imidazole rings is 1. The minimum atomic E-state index is -5.08. The van der Waals surface area contributed by atoms with E-state index in [1.807, 2.05) is 41.7 Å². The summed E-state index contributed by atoms with van der Waals surface area (Å²) in [4.78, 5) is 50.7. The summed E-state index contributed by atoms with van der Waals surface area (Å²) >= 11 is 0. The van der Waals surface area contributed by atoms with Gasteiger partial charge in [0.1, 0.15) is 11.2 Å². The fraction of sp³-hybridized carbons (Fsp3) is 0.345. The molecule has 0 aromatic carbocycles. The zero-order chi connectivity index (χ0) is 34.2. The third-order valence-electron chi connectivity index (χ3n) is 6.64. The smallest absolute Gasteiger partial charge is 0.475 e. The van der Waals surface area contributed by atoms with E-state index in [0.29, 0.717) is 24.8 Å². The van der Waals surface area contributed by atoms with Crippen molar-refractivity contribution >= 4 is 28.9 Å². The second-order valence-electron chi connectivity index (χ2n) is 10.1. The molecule has 4 aromatic heterocycles. The fourth-order valence-electron chi connectivity index (χ4n) is 4.40. The summed E-state index contributed by atoms with van der Waals surface area (Å²) in [6, 6.07) is 11.9. The first-order valence-corrected chi connectivity index (χ1v) is 13.6. The molecule has 46 heavy (non-hydrogen) atoms. The maximum Gasteiger partial charge on any atom is 0.490 e. The van der Waals surface area contributed by atoms with Crippen LogP contribution < -0.4 is 0 Å². The van der Waals surface area contributed by atoms with Crippen molar-refractivity contribution in [1.29, 1.82) is 0 Å². The van der Waals surface area contributed by atoms with Gasteiger partial charge < -0.3 is 19.7 Å². The van der Waals surface area contributed by atoms with Crippen LogP contribution in [0.15, 0.2) is 61.3 Å². The second-order valence-corrected chi connectivity index (χ2v) is 10.1. The number of halogens is 6. The molecule has 0 spiro atoms. The molecular weight excluding hydrogens is 626 g/mol. The molecule has 1 aliphatic rings. The monoisotopic (exact) mass is 654 g/mol. The van der Waals surface area contributed by atoms with Gasteiger partial charge in [0.2, 0.25) is 0 Å². The number of amides is 1. The molecule has 0 aliphatic carbocycles. The molecule has 5 heterocycles. The predicted octanol–water partition coefficient (Wildman–Crippen LogP) is 5.76. The summed E-state index contributed by atoms with van der Waals surface area (Å²) in [5, 5.41) is 14.2. The third kappa shape index (κ3) is 9.21. The van der Waals surface area contributed by atoms with E-state index in [1.165, 1.54) is 0 Å². The molecule has 0 atom stereocenters. The number of aliphatic carboxylic acids is 2. The van der Waals surface area contributed by atoms with E-state index in [0.717, 1.165) is 40.8 Å². The predicted molar refractivity (Wildman–Crippen MR) is 151 cm³/mol. The van der Waals surface area contributed by atoms with Crippen LogP contribution in [0.3, 0.4) is 0 Å². The number of fused-ring (bicyclic) bond motifs is 1. The Bertz CT molecular complexity index is 1610. The van der Waals surface area contributed by atoms with Crippen molar-refractivity contribution in [3.63, 3.8) is 0 Å². The Hall–Kier alpha value is -5.09. The van der Waals surface area contributed by atoms with Crippen LogP contribution in [0.5, 0.6) is 0 Å². The van der Waals surface area contributed by atoms with Gasteiger partial charge in [0.15, 0.2) is 0 Å². The summed E-state index contributed by atoms with van der Waals surface area (Å²) in [6.45, 7) is 5.72. The molecule has 1 saturated heterocycles. The number of alkyl halides is 6. The molecule has 5 rings (SSSR count). The lowest BCUT2D eigenvalue weighted by molar-refractivity contribution is -0.193. The zero-order valence-electron chi connectivity index (χ0n) is 24.3. The van der Waals surface area contributed by atoms with E-state index in [4.69, 9.17) is 24.8 Å². The van der Waals surface area contributed by atoms with Crippen molar-refractivity contribution in [3.05, 3.63) is 72.7 Å². The average Bonchev–Trinajstić information content (AvgIpc) is 3.45. The van der Waals surface area contributed by atoms with Crippen LogP contribution in [0.1, 0.15) is 54.8 Å². The number of carboxylic acids is 2. The van der Waals surface area contributed by atoms with E-state index in [2.05, 4.69) is 39.4 Å². The van der Waals surface area contributed by atoms with Gasteiger partial charge in [0.05, 0.1) is 17.5 Å². The molecule has 0 unspecified atom stereocenters. The summed E-state index contributed by atoms with van der Waals surface area (Å²) < 4.78 is 65.7. The van der Waals surface area contributed by atoms with Gasteiger partial charge in [-0.2, -0.15) is 26.3 Å². The Kier molecular flexibility index (Phi) is 11.4. The number of likely N-dealkylation sites (tertiary alicyclic amines) is 1. The third-order valence-corrected chi connectivity index (χ3v) is 6.64. The first-order valence-electron chi connectivity index (χ1n) is 13.6. The van der Waals surface area contributed by atoms with Gasteiger partial charge in [0, 0.05) is 54.9 Å². The first-order chi connectivity index (χ1) is 21.5. The van der Waals surface area contributed by atoms with Crippen LogP contribution >= 0.6 is 0 Å². The SMILES string of the molecule is CC(C)n1cnc2c(-c3cccnc3)nc(C3CCN(C(=O)c4ccccn4)CC3)cc21.O=C(O)C(F)(F)F.O=C(O)C(F)(F)F. The van der Waals surface area contributed by atoms with E-state index in [1.54, 1.807) is 18.5 Å². The highest BCUT2D eigenvalue weighted by molar-refractivity contribution is 5.92. The van der Waals surface area contributed by atoms with Crippen LogP contribution in [0.2, 0.25) is 0 Å². The number of hydrogen-bond acceptors (Lipinski definition) is 7. The summed E-state index contributed by atoms with van der Waals surface area (Å²) in [5.41, 5.74) is 5.40. The number of carbonyl (C=O) groups excluding carboxylic acids is 1. The van der Waals surface area contributed by atoms with E-state index in [9.17, 15) is 31.1 Å². The number of piperidine rings is 1. The zero-order valence-corrected chi connectivity index (χ0v) is 24.3. The quantitative estimate of drug-likeness (QED) is 0.262. The molecule has 2 N–H and O–H groups in total. The van der Waals surface area contributed by atoms with Crippen LogP contribution in [0, 0.1) is 0 Å². The number of carboxylic acid groups (broad SMARTS) is 2. The number of carbonyl (C=O) groups is 3. The van der Waals surface area contributed by atoms with Crippen molar-refractivity contribution in [1.82, 2.24) is 29.4 Å². The number of aromatic nitrogens is 5. The second kappa shape index (κ2) is 14.8. The molecular formula is C29H28F6N6O5. The highest BCUT2D eigenvalue weighted by Crippen LogP contribution is 2.34. The number of hydrogen-bond donors (Lipinski definition) is 2. The molecule has 4 aromatic rings. The molecule has 11 nitrogen and oxygen atoms in total. The Morgan fingerprint density at radius 3 is 1.98 bits per heavy atom. The molecule has 1 amide bonds. The van der Waals surface area contributed by atoms with Crippen LogP contribution in [0.4, 0.5) is 26.3 Å². The minimum Gasteiger partial charge on any atom is -0.475 e. The van der Waals surface area contributed by atoms with Crippen molar-refractivity contribution in [3.8, 4) is 11.3 Å².